The molecular formula is C15H16ClNOS. The van der Waals surface area contributed by atoms with Gasteiger partial charge in [0.2, 0.25) is 0 Å². The maximum absolute atomic E-state index is 9.36. The highest BCUT2D eigenvalue weighted by molar-refractivity contribution is 7.99. The van der Waals surface area contributed by atoms with Gasteiger partial charge in [-0.2, -0.15) is 0 Å². The summed E-state index contributed by atoms with van der Waals surface area (Å²) in [5.74, 6) is 0. The van der Waals surface area contributed by atoms with Crippen LogP contribution in [-0.4, -0.2) is 5.11 Å². The summed E-state index contributed by atoms with van der Waals surface area (Å²) in [5, 5.41) is 10.0. The Morgan fingerprint density at radius 2 is 1.95 bits per heavy atom. The maximum atomic E-state index is 9.36. The topological polar surface area (TPSA) is 46.2 Å². The first-order valence-electron chi connectivity index (χ1n) is 6.03. The number of aliphatic hydroxyl groups excluding tert-OH is 1. The second-order valence-electron chi connectivity index (χ2n) is 4.34. The largest absolute Gasteiger partial charge is 0.392 e. The minimum absolute atomic E-state index is 0.0320. The van der Waals surface area contributed by atoms with Crippen LogP contribution in [0, 0.1) is 0 Å². The number of hydrogen-bond donors (Lipinski definition) is 2. The summed E-state index contributed by atoms with van der Waals surface area (Å²) in [7, 11) is 0. The van der Waals surface area contributed by atoms with E-state index in [1.54, 1.807) is 11.8 Å². The van der Waals surface area contributed by atoms with Crippen LogP contribution in [0.15, 0.2) is 52.3 Å². The molecule has 2 nitrogen and oxygen atoms in total. The fourth-order valence-corrected chi connectivity index (χ4v) is 3.15. The first-order chi connectivity index (χ1) is 9.11. The van der Waals surface area contributed by atoms with Crippen LogP contribution < -0.4 is 5.73 Å². The molecule has 0 aliphatic heterocycles. The van der Waals surface area contributed by atoms with Gasteiger partial charge in [0.05, 0.1) is 6.61 Å². The van der Waals surface area contributed by atoms with Crippen molar-refractivity contribution in [3.63, 3.8) is 0 Å². The smallest absolute Gasteiger partial charge is 0.0692 e. The van der Waals surface area contributed by atoms with Gasteiger partial charge in [0.25, 0.3) is 0 Å². The average molecular weight is 294 g/mol. The quantitative estimate of drug-likeness (QED) is 0.895. The Balaban J connectivity index is 2.38. The highest BCUT2D eigenvalue weighted by atomic mass is 35.5. The van der Waals surface area contributed by atoms with Gasteiger partial charge in [-0.05, 0) is 42.3 Å². The third-order valence-electron chi connectivity index (χ3n) is 2.83. The van der Waals surface area contributed by atoms with Crippen molar-refractivity contribution < 1.29 is 5.11 Å². The molecule has 0 saturated heterocycles. The molecule has 0 bridgehead atoms. The Morgan fingerprint density at radius 3 is 2.63 bits per heavy atom. The lowest BCUT2D eigenvalue weighted by atomic mass is 10.1. The molecule has 0 heterocycles. The van der Waals surface area contributed by atoms with Crippen molar-refractivity contribution in [3.05, 3.63) is 58.6 Å². The van der Waals surface area contributed by atoms with Gasteiger partial charge in [-0.25, -0.2) is 0 Å². The lowest BCUT2D eigenvalue weighted by Gasteiger charge is -2.14. The minimum atomic E-state index is -0.0810. The predicted octanol–water partition coefficient (Wildman–Crippen LogP) is 4.00. The van der Waals surface area contributed by atoms with Gasteiger partial charge in [-0.1, -0.05) is 41.6 Å². The van der Waals surface area contributed by atoms with Gasteiger partial charge in [0, 0.05) is 20.9 Å². The minimum Gasteiger partial charge on any atom is -0.392 e. The van der Waals surface area contributed by atoms with Crippen molar-refractivity contribution in [2.45, 2.75) is 29.4 Å². The van der Waals surface area contributed by atoms with Crippen molar-refractivity contribution in [1.82, 2.24) is 0 Å². The van der Waals surface area contributed by atoms with Crippen LogP contribution in [0.3, 0.4) is 0 Å². The van der Waals surface area contributed by atoms with Crippen LogP contribution in [0.1, 0.15) is 24.1 Å². The summed E-state index contributed by atoms with van der Waals surface area (Å²) < 4.78 is 0. The van der Waals surface area contributed by atoms with Crippen LogP contribution in [0.5, 0.6) is 0 Å². The van der Waals surface area contributed by atoms with Crippen LogP contribution in [-0.2, 0) is 6.61 Å². The number of hydrogen-bond acceptors (Lipinski definition) is 3. The average Bonchev–Trinajstić information content (AvgIpc) is 2.41. The number of nitrogens with two attached hydrogens (primary N) is 1. The summed E-state index contributed by atoms with van der Waals surface area (Å²) in [4.78, 5) is 2.11. The molecule has 0 aliphatic carbocycles. The highest BCUT2D eigenvalue weighted by Crippen LogP contribution is 2.35. The number of aliphatic hydroxyl groups is 1. The van der Waals surface area contributed by atoms with E-state index in [2.05, 4.69) is 0 Å². The van der Waals surface area contributed by atoms with E-state index in [4.69, 9.17) is 17.3 Å². The van der Waals surface area contributed by atoms with Crippen molar-refractivity contribution in [3.8, 4) is 0 Å². The molecular weight excluding hydrogens is 278 g/mol. The van der Waals surface area contributed by atoms with E-state index < -0.39 is 0 Å². The van der Waals surface area contributed by atoms with Gasteiger partial charge in [0.15, 0.2) is 0 Å². The summed E-state index contributed by atoms with van der Waals surface area (Å²) in [6.07, 6.45) is 0. The first kappa shape index (κ1) is 14.4. The van der Waals surface area contributed by atoms with E-state index in [1.807, 2.05) is 49.4 Å². The Kier molecular flexibility index (Phi) is 4.88. The lowest BCUT2D eigenvalue weighted by molar-refractivity contribution is 0.279. The fourth-order valence-electron chi connectivity index (χ4n) is 1.82. The SMILES string of the molecule is C[C@H](N)c1cc(Cl)ccc1Sc1ccccc1CO. The van der Waals surface area contributed by atoms with Crippen molar-refractivity contribution in [1.29, 1.82) is 0 Å². The van der Waals surface area contributed by atoms with Crippen molar-refractivity contribution in [2.75, 3.05) is 0 Å². The number of benzene rings is 2. The zero-order valence-electron chi connectivity index (χ0n) is 10.6. The first-order valence-corrected chi connectivity index (χ1v) is 7.23. The normalized spacial score (nSPS) is 12.4. The second-order valence-corrected chi connectivity index (χ2v) is 5.86. The molecule has 2 aromatic rings. The molecule has 0 aromatic heterocycles. The Morgan fingerprint density at radius 1 is 1.21 bits per heavy atom. The molecule has 4 heteroatoms. The number of halogens is 1. The summed E-state index contributed by atoms with van der Waals surface area (Å²) in [5.41, 5.74) is 7.92. The van der Waals surface area contributed by atoms with E-state index in [0.717, 1.165) is 20.9 Å². The predicted molar refractivity (Wildman–Crippen MR) is 80.5 cm³/mol. The van der Waals surface area contributed by atoms with Crippen molar-refractivity contribution >= 4 is 23.4 Å². The van der Waals surface area contributed by atoms with E-state index in [1.165, 1.54) is 0 Å². The summed E-state index contributed by atoms with van der Waals surface area (Å²) in [6, 6.07) is 13.4. The molecule has 0 saturated carbocycles. The Hall–Kier alpha value is -1.00. The van der Waals surface area contributed by atoms with Crippen LogP contribution in [0.2, 0.25) is 5.02 Å². The third kappa shape index (κ3) is 3.51. The van der Waals surface area contributed by atoms with Gasteiger partial charge in [-0.3, -0.25) is 0 Å². The summed E-state index contributed by atoms with van der Waals surface area (Å²) >= 11 is 7.62. The molecule has 0 unspecified atom stereocenters. The van der Waals surface area contributed by atoms with Gasteiger partial charge in [-0.15, -0.1) is 0 Å². The molecule has 100 valence electrons. The molecule has 19 heavy (non-hydrogen) atoms. The van der Waals surface area contributed by atoms with Crippen LogP contribution in [0.25, 0.3) is 0 Å². The Bertz CT molecular complexity index is 572. The molecule has 0 fully saturated rings. The molecule has 0 aliphatic rings. The molecule has 1 atom stereocenters. The molecule has 0 radical (unpaired) electrons. The third-order valence-corrected chi connectivity index (χ3v) is 4.27. The maximum Gasteiger partial charge on any atom is 0.0692 e. The molecule has 2 aromatic carbocycles. The standard InChI is InChI=1S/C15H16ClNOS/c1-10(17)13-8-12(16)6-7-15(13)19-14-5-3-2-4-11(14)9-18/h2-8,10,18H,9,17H2,1H3/t10-/m0/s1. The van der Waals surface area contributed by atoms with E-state index >= 15 is 0 Å². The zero-order chi connectivity index (χ0) is 13.8. The lowest BCUT2D eigenvalue weighted by Crippen LogP contribution is -2.06. The molecule has 0 amide bonds. The van der Waals surface area contributed by atoms with E-state index in [9.17, 15) is 5.11 Å². The van der Waals surface area contributed by atoms with Crippen LogP contribution >= 0.6 is 23.4 Å². The van der Waals surface area contributed by atoms with Gasteiger partial charge < -0.3 is 10.8 Å². The molecule has 2 rings (SSSR count). The second kappa shape index (κ2) is 6.44. The summed E-state index contributed by atoms with van der Waals surface area (Å²) in [6.45, 7) is 1.97. The van der Waals surface area contributed by atoms with Gasteiger partial charge in [0.1, 0.15) is 0 Å². The van der Waals surface area contributed by atoms with E-state index in [0.29, 0.717) is 5.02 Å². The van der Waals surface area contributed by atoms with Gasteiger partial charge >= 0.3 is 0 Å². The van der Waals surface area contributed by atoms with Crippen molar-refractivity contribution in [2.24, 2.45) is 5.73 Å². The molecule has 3 N–H and O–H groups in total. The monoisotopic (exact) mass is 293 g/mol. The zero-order valence-corrected chi connectivity index (χ0v) is 12.2. The fraction of sp³-hybridized carbons (Fsp3) is 0.200. The van der Waals surface area contributed by atoms with Crippen LogP contribution in [0.4, 0.5) is 0 Å². The van der Waals surface area contributed by atoms with E-state index in [-0.39, 0.29) is 12.6 Å². The Labute approximate surface area is 122 Å². The number of rotatable bonds is 4. The molecule has 0 spiro atoms. The highest BCUT2D eigenvalue weighted by Gasteiger charge is 2.11.